The van der Waals surface area contributed by atoms with Crippen LogP contribution in [0.3, 0.4) is 0 Å². The number of aryl methyl sites for hydroxylation is 4. The Morgan fingerprint density at radius 1 is 0.661 bits per heavy atom. The third-order valence-electron chi connectivity index (χ3n) is 7.92. The van der Waals surface area contributed by atoms with Crippen LogP contribution in [0.5, 0.6) is 0 Å². The molecular formula is C37H43N9O11S2. The number of nitrogens with zero attached hydrogens (tertiary/aromatic N) is 7. The van der Waals surface area contributed by atoms with Crippen LogP contribution >= 0.6 is 0 Å². The Morgan fingerprint density at radius 2 is 1.15 bits per heavy atom. The molecule has 5 rings (SSSR count). The molecule has 1 atom stereocenters. The van der Waals surface area contributed by atoms with Crippen LogP contribution in [-0.4, -0.2) is 51.2 Å². The number of benzene rings is 4. The summed E-state index contributed by atoms with van der Waals surface area (Å²) in [6.07, 6.45) is 0.750. The zero-order chi connectivity index (χ0) is 42.8. The summed E-state index contributed by atoms with van der Waals surface area (Å²) in [6.45, 7) is 5.41. The van der Waals surface area contributed by atoms with Crippen LogP contribution in [0.15, 0.2) is 93.3 Å². The normalized spacial score (nSPS) is 12.4. The Balaban J connectivity index is 0.000000297. The summed E-state index contributed by atoms with van der Waals surface area (Å²) >= 11 is 4.65. The van der Waals surface area contributed by atoms with E-state index in [1.807, 2.05) is 26.0 Å². The van der Waals surface area contributed by atoms with Crippen LogP contribution in [0.1, 0.15) is 51.5 Å². The van der Waals surface area contributed by atoms with E-state index >= 15 is 0 Å². The number of hydrogen-bond donors (Lipinski definition) is 7. The minimum Gasteiger partial charge on any atom is -0.399 e. The SMILES string of the molecule is Cc1cc(N)ccc1N=Nc1cc(COO)cc(COO)c1.Cc1nc(CCCS(=O)(=S)OO)nc(Nc2ccc(N=Nc3cc(COO)cc(COO)c3)c(C)c2)n1. The number of azo groups is 2. The molecule has 314 valence electrons. The molecule has 0 aliphatic carbocycles. The third kappa shape index (κ3) is 15.7. The highest BCUT2D eigenvalue weighted by Crippen LogP contribution is 2.28. The van der Waals surface area contributed by atoms with Gasteiger partial charge in [-0.15, -0.1) is 4.33 Å². The number of aromatic nitrogens is 3. The largest absolute Gasteiger partial charge is 0.399 e. The lowest BCUT2D eigenvalue weighted by molar-refractivity contribution is -0.254. The van der Waals surface area contributed by atoms with Crippen molar-refractivity contribution in [2.24, 2.45) is 20.5 Å². The Kier molecular flexibility index (Phi) is 18.3. The summed E-state index contributed by atoms with van der Waals surface area (Å²) in [6, 6.07) is 21.0. The monoisotopic (exact) mass is 853 g/mol. The molecule has 8 N–H and O–H groups in total. The molecule has 1 aromatic heterocycles. The van der Waals surface area contributed by atoms with Gasteiger partial charge >= 0.3 is 0 Å². The average molecular weight is 854 g/mol. The Morgan fingerprint density at radius 3 is 1.61 bits per heavy atom. The van der Waals surface area contributed by atoms with Crippen LogP contribution in [-0.2, 0) is 76.7 Å². The Bertz CT molecular complexity index is 2290. The van der Waals surface area contributed by atoms with Crippen LogP contribution in [0.4, 0.5) is 40.1 Å². The molecule has 0 spiro atoms. The van der Waals surface area contributed by atoms with Crippen molar-refractivity contribution in [2.75, 3.05) is 16.8 Å². The van der Waals surface area contributed by atoms with Crippen LogP contribution in [0, 0.1) is 20.8 Å². The van der Waals surface area contributed by atoms with E-state index in [1.54, 1.807) is 67.6 Å². The molecule has 0 aliphatic heterocycles. The maximum Gasteiger partial charge on any atom is 0.230 e. The fraction of sp³-hybridized carbons (Fsp3) is 0.270. The number of nitrogens with two attached hydrogens (primary N) is 1. The summed E-state index contributed by atoms with van der Waals surface area (Å²) in [4.78, 5) is 29.6. The average Bonchev–Trinajstić information content (AvgIpc) is 3.18. The molecule has 1 heterocycles. The van der Waals surface area contributed by atoms with Gasteiger partial charge in [0, 0.05) is 29.0 Å². The molecular weight excluding hydrogens is 811 g/mol. The topological polar surface area (TPSA) is 291 Å². The van der Waals surface area contributed by atoms with Crippen molar-refractivity contribution in [2.45, 2.75) is 60.0 Å². The molecule has 20 nitrogen and oxygen atoms in total. The van der Waals surface area contributed by atoms with Gasteiger partial charge in [-0.2, -0.15) is 30.4 Å². The first-order chi connectivity index (χ1) is 28.3. The van der Waals surface area contributed by atoms with Gasteiger partial charge < -0.3 is 11.1 Å². The number of nitrogen functional groups attached to an aromatic ring is 1. The summed E-state index contributed by atoms with van der Waals surface area (Å²) < 4.78 is 15.5. The molecule has 0 radical (unpaired) electrons. The Hall–Kier alpha value is -5.34. The number of rotatable bonds is 19. The van der Waals surface area contributed by atoms with E-state index in [2.05, 4.69) is 75.8 Å². The lowest BCUT2D eigenvalue weighted by atomic mass is 10.1. The third-order valence-corrected chi connectivity index (χ3v) is 9.62. The van der Waals surface area contributed by atoms with Gasteiger partial charge in [0.1, 0.15) is 38.1 Å². The number of nitrogens with one attached hydrogen (secondary N) is 1. The minimum absolute atomic E-state index is 0.00241. The number of anilines is 3. The van der Waals surface area contributed by atoms with E-state index in [4.69, 9.17) is 32.0 Å². The van der Waals surface area contributed by atoms with Gasteiger partial charge in [0.2, 0.25) is 5.95 Å². The highest BCUT2D eigenvalue weighted by molar-refractivity contribution is 8.30. The van der Waals surface area contributed by atoms with Crippen molar-refractivity contribution in [3.63, 3.8) is 0 Å². The quantitative estimate of drug-likeness (QED) is 0.0177. The van der Waals surface area contributed by atoms with Crippen molar-refractivity contribution in [3.05, 3.63) is 118 Å². The van der Waals surface area contributed by atoms with Gasteiger partial charge in [-0.05, 0) is 121 Å². The minimum atomic E-state index is -3.15. The zero-order valence-electron chi connectivity index (χ0n) is 32.1. The first kappa shape index (κ1) is 46.4. The second kappa shape index (κ2) is 23.3. The Labute approximate surface area is 343 Å². The molecule has 4 aromatic carbocycles. The van der Waals surface area contributed by atoms with Gasteiger partial charge in [0.25, 0.3) is 0 Å². The molecule has 5 aromatic rings. The fourth-order valence-electron chi connectivity index (χ4n) is 5.37. The maximum atomic E-state index is 11.6. The first-order valence-electron chi connectivity index (χ1n) is 17.5. The molecule has 22 heteroatoms. The summed E-state index contributed by atoms with van der Waals surface area (Å²) in [5, 5.41) is 63.2. The van der Waals surface area contributed by atoms with Gasteiger partial charge in [-0.25, -0.2) is 34.0 Å². The van der Waals surface area contributed by atoms with E-state index in [-0.39, 0.29) is 32.2 Å². The lowest BCUT2D eigenvalue weighted by Gasteiger charge is -2.09. The summed E-state index contributed by atoms with van der Waals surface area (Å²) in [5.41, 5.74) is 13.8. The van der Waals surface area contributed by atoms with Crippen LogP contribution in [0.25, 0.3) is 0 Å². The van der Waals surface area contributed by atoms with E-state index in [0.717, 1.165) is 16.8 Å². The number of hydrogen-bond acceptors (Lipinski definition) is 21. The molecule has 59 heavy (non-hydrogen) atoms. The van der Waals surface area contributed by atoms with Crippen molar-refractivity contribution in [1.29, 1.82) is 0 Å². The van der Waals surface area contributed by atoms with Crippen molar-refractivity contribution >= 4 is 60.0 Å². The highest BCUT2D eigenvalue weighted by atomic mass is 32.8. The molecule has 0 amide bonds. The molecule has 0 fully saturated rings. The molecule has 0 saturated carbocycles. The predicted molar refractivity (Wildman–Crippen MR) is 218 cm³/mol. The van der Waals surface area contributed by atoms with E-state index < -0.39 is 8.77 Å². The van der Waals surface area contributed by atoms with Crippen LogP contribution in [0.2, 0.25) is 0 Å². The second-order valence-electron chi connectivity index (χ2n) is 12.7. The van der Waals surface area contributed by atoms with Crippen molar-refractivity contribution in [1.82, 2.24) is 15.0 Å². The highest BCUT2D eigenvalue weighted by Gasteiger charge is 2.11. The standard InChI is InChI=1S/C22H26N6O7S2.C15H17N3O4/c1-14-8-18(25-22-24-15(2)23-21(26-22)4-3-7-37(32,36)35-31)5-6-20(14)28-27-19-10-16(12-33-29)9-17(11-19)13-34-30;1-10-4-13(16)2-3-15(10)18-17-14-6-11(8-21-19)5-12(7-14)9-22-20/h5-6,8-11,29-31H,3-4,7,12-13H2,1-2H3,(H,23,24,25,26);2-7,19-20H,8-9,16H2,1H3. The van der Waals surface area contributed by atoms with Crippen LogP contribution < -0.4 is 11.1 Å². The van der Waals surface area contributed by atoms with Gasteiger partial charge in [0.15, 0.2) is 8.77 Å². The first-order valence-corrected chi connectivity index (χ1v) is 20.1. The van der Waals surface area contributed by atoms with Gasteiger partial charge in [-0.3, -0.25) is 21.0 Å². The summed E-state index contributed by atoms with van der Waals surface area (Å²) in [7, 11) is -3.15. The predicted octanol–water partition coefficient (Wildman–Crippen LogP) is 8.68. The smallest absolute Gasteiger partial charge is 0.230 e. The molecule has 0 saturated heterocycles. The van der Waals surface area contributed by atoms with Crippen molar-refractivity contribution < 1.29 is 54.4 Å². The lowest BCUT2D eigenvalue weighted by Crippen LogP contribution is -2.10. The van der Waals surface area contributed by atoms with Gasteiger partial charge in [0.05, 0.1) is 28.5 Å². The van der Waals surface area contributed by atoms with E-state index in [1.165, 1.54) is 0 Å². The van der Waals surface area contributed by atoms with E-state index in [9.17, 15) is 4.21 Å². The fourth-order valence-corrected chi connectivity index (χ4v) is 6.30. The molecule has 0 bridgehead atoms. The second-order valence-corrected chi connectivity index (χ2v) is 15.9. The maximum absolute atomic E-state index is 11.6. The molecule has 0 aliphatic rings. The summed E-state index contributed by atoms with van der Waals surface area (Å²) in [5.74, 6) is 1.33. The van der Waals surface area contributed by atoms with E-state index in [0.29, 0.717) is 81.1 Å². The molecule has 1 unspecified atom stereocenters. The van der Waals surface area contributed by atoms with Crippen molar-refractivity contribution in [3.8, 4) is 0 Å². The zero-order valence-corrected chi connectivity index (χ0v) is 33.7. The van der Waals surface area contributed by atoms with Gasteiger partial charge in [-0.1, -0.05) is 12.1 Å².